The summed E-state index contributed by atoms with van der Waals surface area (Å²) in [6.45, 7) is 1.65. The summed E-state index contributed by atoms with van der Waals surface area (Å²) in [6, 6.07) is 9.24. The summed E-state index contributed by atoms with van der Waals surface area (Å²) in [5.74, 6) is 0.467. The molecule has 0 fully saturated rings. The molecule has 0 aliphatic heterocycles. The van der Waals surface area contributed by atoms with Gasteiger partial charge < -0.3 is 9.84 Å². The van der Waals surface area contributed by atoms with Gasteiger partial charge in [0.1, 0.15) is 17.3 Å². The summed E-state index contributed by atoms with van der Waals surface area (Å²) in [6.07, 6.45) is 0. The predicted molar refractivity (Wildman–Crippen MR) is 68.6 cm³/mol. The summed E-state index contributed by atoms with van der Waals surface area (Å²) < 4.78 is 18.8. The van der Waals surface area contributed by atoms with E-state index in [1.54, 1.807) is 24.3 Å². The van der Waals surface area contributed by atoms with Crippen molar-refractivity contribution in [2.45, 2.75) is 13.5 Å². The van der Waals surface area contributed by atoms with E-state index in [9.17, 15) is 9.50 Å². The van der Waals surface area contributed by atoms with Crippen LogP contribution in [0.25, 0.3) is 0 Å². The molecule has 0 amide bonds. The maximum atomic E-state index is 13.2. The van der Waals surface area contributed by atoms with Gasteiger partial charge in [-0.25, -0.2) is 4.39 Å². The van der Waals surface area contributed by atoms with Gasteiger partial charge in [0.15, 0.2) is 0 Å². The first kappa shape index (κ1) is 12.9. The number of aliphatic hydroxyl groups excluding tert-OH is 1. The van der Waals surface area contributed by atoms with Crippen LogP contribution in [0.5, 0.6) is 11.5 Å². The maximum absolute atomic E-state index is 13.2. The molecular weight excluding hydrogens is 255 g/mol. The van der Waals surface area contributed by atoms with Gasteiger partial charge in [-0.15, -0.1) is 0 Å². The molecule has 0 bridgehead atoms. The molecule has 18 heavy (non-hydrogen) atoms. The van der Waals surface area contributed by atoms with Crippen LogP contribution in [-0.2, 0) is 6.61 Å². The predicted octanol–water partition coefficient (Wildman–Crippen LogP) is 4.07. The van der Waals surface area contributed by atoms with E-state index in [-0.39, 0.29) is 12.4 Å². The first-order chi connectivity index (χ1) is 8.60. The van der Waals surface area contributed by atoms with Gasteiger partial charge in [-0.05, 0) is 30.7 Å². The van der Waals surface area contributed by atoms with Crippen molar-refractivity contribution in [3.8, 4) is 11.5 Å². The Morgan fingerprint density at radius 2 is 1.94 bits per heavy atom. The lowest BCUT2D eigenvalue weighted by Gasteiger charge is -2.12. The van der Waals surface area contributed by atoms with Gasteiger partial charge >= 0.3 is 0 Å². The van der Waals surface area contributed by atoms with E-state index in [1.165, 1.54) is 12.1 Å². The molecule has 4 heteroatoms. The van der Waals surface area contributed by atoms with Crippen molar-refractivity contribution in [3.05, 3.63) is 58.4 Å². The quantitative estimate of drug-likeness (QED) is 0.907. The summed E-state index contributed by atoms with van der Waals surface area (Å²) >= 11 is 5.88. The van der Waals surface area contributed by atoms with Gasteiger partial charge in [0.2, 0.25) is 0 Å². The molecule has 0 aromatic heterocycles. The molecule has 0 aliphatic rings. The summed E-state index contributed by atoms with van der Waals surface area (Å²) in [4.78, 5) is 0. The maximum Gasteiger partial charge on any atom is 0.134 e. The molecule has 0 saturated heterocycles. The number of aryl methyl sites for hydroxylation is 1. The molecule has 0 spiro atoms. The van der Waals surface area contributed by atoms with Crippen LogP contribution >= 0.6 is 11.6 Å². The third-order valence-corrected chi connectivity index (χ3v) is 2.80. The van der Waals surface area contributed by atoms with Crippen LogP contribution in [0, 0.1) is 12.7 Å². The minimum Gasteiger partial charge on any atom is -0.457 e. The molecule has 1 N–H and O–H groups in total. The zero-order valence-electron chi connectivity index (χ0n) is 9.78. The van der Waals surface area contributed by atoms with E-state index in [0.717, 1.165) is 5.56 Å². The standard InChI is InChI=1S/C14H12ClFO2/c1-9-2-5-12(16)7-13(9)18-14-6-11(15)4-3-10(14)8-17/h2-7,17H,8H2,1H3. The van der Waals surface area contributed by atoms with Crippen molar-refractivity contribution >= 4 is 11.6 Å². The second-order valence-electron chi connectivity index (χ2n) is 3.92. The number of hydrogen-bond donors (Lipinski definition) is 1. The molecule has 94 valence electrons. The van der Waals surface area contributed by atoms with Crippen LogP contribution in [0.1, 0.15) is 11.1 Å². The number of hydrogen-bond acceptors (Lipinski definition) is 2. The monoisotopic (exact) mass is 266 g/mol. The summed E-state index contributed by atoms with van der Waals surface area (Å²) in [5, 5.41) is 9.71. The second kappa shape index (κ2) is 5.38. The SMILES string of the molecule is Cc1ccc(F)cc1Oc1cc(Cl)ccc1CO. The fourth-order valence-electron chi connectivity index (χ4n) is 1.56. The minimum absolute atomic E-state index is 0.166. The Labute approximate surface area is 110 Å². The summed E-state index contributed by atoms with van der Waals surface area (Å²) in [5.41, 5.74) is 1.41. The molecule has 2 aromatic rings. The van der Waals surface area contributed by atoms with E-state index in [4.69, 9.17) is 16.3 Å². The van der Waals surface area contributed by atoms with E-state index in [2.05, 4.69) is 0 Å². The lowest BCUT2D eigenvalue weighted by atomic mass is 10.2. The minimum atomic E-state index is -0.372. The van der Waals surface area contributed by atoms with E-state index in [0.29, 0.717) is 22.1 Å². The van der Waals surface area contributed by atoms with Gasteiger partial charge in [-0.1, -0.05) is 23.7 Å². The van der Waals surface area contributed by atoms with Crippen molar-refractivity contribution in [2.75, 3.05) is 0 Å². The zero-order valence-corrected chi connectivity index (χ0v) is 10.5. The van der Waals surface area contributed by atoms with Crippen molar-refractivity contribution < 1.29 is 14.2 Å². The lowest BCUT2D eigenvalue weighted by molar-refractivity contribution is 0.276. The second-order valence-corrected chi connectivity index (χ2v) is 4.36. The highest BCUT2D eigenvalue weighted by atomic mass is 35.5. The third kappa shape index (κ3) is 2.81. The first-order valence-electron chi connectivity index (χ1n) is 5.43. The molecule has 0 saturated carbocycles. The number of halogens is 2. The molecule has 2 nitrogen and oxygen atoms in total. The lowest BCUT2D eigenvalue weighted by Crippen LogP contribution is -1.94. The molecule has 0 unspecified atom stereocenters. The number of ether oxygens (including phenoxy) is 1. The number of rotatable bonds is 3. The van der Waals surface area contributed by atoms with Crippen molar-refractivity contribution in [3.63, 3.8) is 0 Å². The largest absolute Gasteiger partial charge is 0.457 e. The van der Waals surface area contributed by atoms with Crippen LogP contribution < -0.4 is 4.74 Å². The van der Waals surface area contributed by atoms with Crippen molar-refractivity contribution in [2.24, 2.45) is 0 Å². The van der Waals surface area contributed by atoms with Gasteiger partial charge in [-0.2, -0.15) is 0 Å². The van der Waals surface area contributed by atoms with Crippen LogP contribution in [0.4, 0.5) is 4.39 Å². The third-order valence-electron chi connectivity index (χ3n) is 2.57. The average Bonchev–Trinajstić information content (AvgIpc) is 2.34. The average molecular weight is 267 g/mol. The van der Waals surface area contributed by atoms with E-state index >= 15 is 0 Å². The Hall–Kier alpha value is -1.58. The fourth-order valence-corrected chi connectivity index (χ4v) is 1.72. The molecule has 2 aromatic carbocycles. The Morgan fingerprint density at radius 3 is 2.67 bits per heavy atom. The van der Waals surface area contributed by atoms with Gasteiger partial charge in [0.05, 0.1) is 6.61 Å². The normalized spacial score (nSPS) is 10.4. The fraction of sp³-hybridized carbons (Fsp3) is 0.143. The van der Waals surface area contributed by atoms with Crippen LogP contribution in [0.15, 0.2) is 36.4 Å². The Balaban J connectivity index is 2.38. The van der Waals surface area contributed by atoms with Crippen molar-refractivity contribution in [1.82, 2.24) is 0 Å². The van der Waals surface area contributed by atoms with Gasteiger partial charge in [0, 0.05) is 16.7 Å². The topological polar surface area (TPSA) is 29.5 Å². The first-order valence-corrected chi connectivity index (χ1v) is 5.81. The molecular formula is C14H12ClFO2. The number of benzene rings is 2. The zero-order chi connectivity index (χ0) is 13.1. The Bertz CT molecular complexity index is 570. The van der Waals surface area contributed by atoms with Crippen LogP contribution in [0.2, 0.25) is 5.02 Å². The molecule has 0 aliphatic carbocycles. The Kier molecular flexibility index (Phi) is 3.84. The van der Waals surface area contributed by atoms with E-state index < -0.39 is 0 Å². The highest BCUT2D eigenvalue weighted by Gasteiger charge is 2.08. The van der Waals surface area contributed by atoms with Crippen molar-refractivity contribution in [1.29, 1.82) is 0 Å². The molecule has 2 rings (SSSR count). The molecule has 0 radical (unpaired) electrons. The van der Waals surface area contributed by atoms with E-state index in [1.807, 2.05) is 6.92 Å². The molecule has 0 heterocycles. The van der Waals surface area contributed by atoms with Gasteiger partial charge in [0.25, 0.3) is 0 Å². The highest BCUT2D eigenvalue weighted by molar-refractivity contribution is 6.30. The van der Waals surface area contributed by atoms with Crippen LogP contribution in [0.3, 0.4) is 0 Å². The Morgan fingerprint density at radius 1 is 1.17 bits per heavy atom. The number of aliphatic hydroxyl groups is 1. The smallest absolute Gasteiger partial charge is 0.134 e. The van der Waals surface area contributed by atoms with Gasteiger partial charge in [-0.3, -0.25) is 0 Å². The molecule has 0 atom stereocenters. The van der Waals surface area contributed by atoms with Crippen LogP contribution in [-0.4, -0.2) is 5.11 Å². The highest BCUT2D eigenvalue weighted by Crippen LogP contribution is 2.30. The summed E-state index contributed by atoms with van der Waals surface area (Å²) in [7, 11) is 0.